The van der Waals surface area contributed by atoms with E-state index in [1.165, 1.54) is 5.56 Å². The van der Waals surface area contributed by atoms with Gasteiger partial charge < -0.3 is 10.4 Å². The number of carboxylic acids is 1. The Morgan fingerprint density at radius 1 is 1.59 bits per heavy atom. The van der Waals surface area contributed by atoms with Crippen LogP contribution in [0.3, 0.4) is 0 Å². The van der Waals surface area contributed by atoms with Crippen LogP contribution in [0.15, 0.2) is 16.8 Å². The lowest BCUT2D eigenvalue weighted by atomic mass is 10.1. The van der Waals surface area contributed by atoms with Crippen LogP contribution >= 0.6 is 11.3 Å². The van der Waals surface area contributed by atoms with E-state index in [2.05, 4.69) is 23.7 Å². The predicted octanol–water partition coefficient (Wildman–Crippen LogP) is 2.91. The fraction of sp³-hybridized carbons (Fsp3) is 0.615. The van der Waals surface area contributed by atoms with Gasteiger partial charge in [0.2, 0.25) is 0 Å². The molecule has 0 saturated heterocycles. The monoisotopic (exact) mass is 255 g/mol. The number of aliphatic carboxylic acids is 1. The van der Waals surface area contributed by atoms with Gasteiger partial charge in [-0.05, 0) is 42.2 Å². The van der Waals surface area contributed by atoms with Crippen molar-refractivity contribution in [2.75, 3.05) is 0 Å². The second-order valence-electron chi connectivity index (χ2n) is 4.44. The standard InChI is InChI=1S/C13H21NO2S/c1-3-4-5-12(13(15)16)14-10(2)8-11-6-7-17-9-11/h6-7,9-10,12,14H,3-5,8H2,1-2H3,(H,15,16). The average Bonchev–Trinajstić information content (AvgIpc) is 2.76. The Balaban J connectivity index is 2.40. The minimum Gasteiger partial charge on any atom is -0.480 e. The highest BCUT2D eigenvalue weighted by Crippen LogP contribution is 2.10. The summed E-state index contributed by atoms with van der Waals surface area (Å²) in [6.45, 7) is 4.12. The molecule has 0 bridgehead atoms. The Morgan fingerprint density at radius 2 is 2.35 bits per heavy atom. The minimum atomic E-state index is -0.740. The molecule has 0 aliphatic carbocycles. The molecule has 0 spiro atoms. The summed E-state index contributed by atoms with van der Waals surface area (Å²) in [5, 5.41) is 16.5. The maximum Gasteiger partial charge on any atom is 0.320 e. The quantitative estimate of drug-likeness (QED) is 0.751. The molecule has 1 rings (SSSR count). The van der Waals surface area contributed by atoms with Crippen LogP contribution in [0.5, 0.6) is 0 Å². The van der Waals surface area contributed by atoms with Crippen LogP contribution in [-0.2, 0) is 11.2 Å². The summed E-state index contributed by atoms with van der Waals surface area (Å²) in [7, 11) is 0. The third kappa shape index (κ3) is 5.33. The normalized spacial score (nSPS) is 14.5. The molecule has 0 radical (unpaired) electrons. The Morgan fingerprint density at radius 3 is 2.88 bits per heavy atom. The number of unbranched alkanes of at least 4 members (excludes halogenated alkanes) is 1. The van der Waals surface area contributed by atoms with Gasteiger partial charge in [0, 0.05) is 6.04 Å². The van der Waals surface area contributed by atoms with E-state index in [0.29, 0.717) is 6.42 Å². The number of hydrogen-bond donors (Lipinski definition) is 2. The van der Waals surface area contributed by atoms with E-state index in [0.717, 1.165) is 19.3 Å². The Bertz CT molecular complexity index is 324. The van der Waals surface area contributed by atoms with Gasteiger partial charge in [0.1, 0.15) is 6.04 Å². The van der Waals surface area contributed by atoms with Crippen LogP contribution < -0.4 is 5.32 Å². The number of carbonyl (C=O) groups is 1. The molecule has 4 heteroatoms. The van der Waals surface area contributed by atoms with Gasteiger partial charge in [0.05, 0.1) is 0 Å². The number of nitrogens with one attached hydrogen (secondary N) is 1. The Kier molecular flexibility index (Phi) is 6.22. The zero-order valence-corrected chi connectivity index (χ0v) is 11.3. The van der Waals surface area contributed by atoms with E-state index in [4.69, 9.17) is 5.11 Å². The molecular formula is C13H21NO2S. The molecule has 1 aromatic heterocycles. The largest absolute Gasteiger partial charge is 0.480 e. The molecule has 0 aromatic carbocycles. The molecule has 1 aromatic rings. The molecule has 0 aliphatic rings. The molecule has 3 nitrogen and oxygen atoms in total. The van der Waals surface area contributed by atoms with E-state index in [1.54, 1.807) is 11.3 Å². The molecule has 0 saturated carbocycles. The summed E-state index contributed by atoms with van der Waals surface area (Å²) in [4.78, 5) is 11.1. The van der Waals surface area contributed by atoms with Crippen LogP contribution in [0.1, 0.15) is 38.7 Å². The number of carboxylic acid groups (broad SMARTS) is 1. The molecule has 2 unspecified atom stereocenters. The highest BCUT2D eigenvalue weighted by atomic mass is 32.1. The van der Waals surface area contributed by atoms with Crippen molar-refractivity contribution in [1.29, 1.82) is 0 Å². The average molecular weight is 255 g/mol. The first-order valence-electron chi connectivity index (χ1n) is 6.13. The highest BCUT2D eigenvalue weighted by molar-refractivity contribution is 7.07. The third-order valence-corrected chi connectivity index (χ3v) is 3.48. The number of rotatable bonds is 8. The van der Waals surface area contributed by atoms with Gasteiger partial charge in [-0.25, -0.2) is 0 Å². The predicted molar refractivity (Wildman–Crippen MR) is 71.6 cm³/mol. The molecule has 0 fully saturated rings. The summed E-state index contributed by atoms with van der Waals surface area (Å²) in [5.74, 6) is -0.740. The smallest absolute Gasteiger partial charge is 0.320 e. The lowest BCUT2D eigenvalue weighted by Crippen LogP contribution is -2.42. The van der Waals surface area contributed by atoms with Gasteiger partial charge in [-0.1, -0.05) is 19.8 Å². The summed E-state index contributed by atoms with van der Waals surface area (Å²) in [6.07, 6.45) is 3.58. The SMILES string of the molecule is CCCCC(NC(C)Cc1ccsc1)C(=O)O. The molecule has 0 amide bonds. The first-order valence-corrected chi connectivity index (χ1v) is 7.07. The van der Waals surface area contributed by atoms with Gasteiger partial charge in [-0.15, -0.1) is 0 Å². The van der Waals surface area contributed by atoms with E-state index >= 15 is 0 Å². The van der Waals surface area contributed by atoms with Crippen LogP contribution in [0.25, 0.3) is 0 Å². The van der Waals surface area contributed by atoms with Gasteiger partial charge >= 0.3 is 5.97 Å². The van der Waals surface area contributed by atoms with Gasteiger partial charge in [0.25, 0.3) is 0 Å². The molecule has 0 aliphatic heterocycles. The van der Waals surface area contributed by atoms with Crippen molar-refractivity contribution in [3.05, 3.63) is 22.4 Å². The summed E-state index contributed by atoms with van der Waals surface area (Å²) < 4.78 is 0. The van der Waals surface area contributed by atoms with E-state index < -0.39 is 12.0 Å². The molecule has 17 heavy (non-hydrogen) atoms. The van der Waals surface area contributed by atoms with Gasteiger partial charge in [0.15, 0.2) is 0 Å². The van der Waals surface area contributed by atoms with Crippen LogP contribution in [0.2, 0.25) is 0 Å². The topological polar surface area (TPSA) is 49.3 Å². The van der Waals surface area contributed by atoms with Crippen molar-refractivity contribution in [3.8, 4) is 0 Å². The van der Waals surface area contributed by atoms with Crippen molar-refractivity contribution in [1.82, 2.24) is 5.32 Å². The van der Waals surface area contributed by atoms with Crippen molar-refractivity contribution in [2.45, 2.75) is 51.6 Å². The molecule has 2 atom stereocenters. The van der Waals surface area contributed by atoms with Crippen LogP contribution in [0.4, 0.5) is 0 Å². The minimum absolute atomic E-state index is 0.197. The first-order chi connectivity index (χ1) is 8.13. The lowest BCUT2D eigenvalue weighted by molar-refractivity contribution is -0.139. The van der Waals surface area contributed by atoms with Crippen molar-refractivity contribution in [3.63, 3.8) is 0 Å². The first kappa shape index (κ1) is 14.2. The Labute approximate surface area is 107 Å². The zero-order valence-electron chi connectivity index (χ0n) is 10.5. The third-order valence-electron chi connectivity index (χ3n) is 2.75. The highest BCUT2D eigenvalue weighted by Gasteiger charge is 2.18. The molecule has 2 N–H and O–H groups in total. The lowest BCUT2D eigenvalue weighted by Gasteiger charge is -2.19. The second kappa shape index (κ2) is 7.45. The van der Waals surface area contributed by atoms with Crippen LogP contribution in [-0.4, -0.2) is 23.2 Å². The summed E-state index contributed by atoms with van der Waals surface area (Å²) in [6, 6.07) is 1.87. The Hall–Kier alpha value is -0.870. The van der Waals surface area contributed by atoms with Crippen molar-refractivity contribution in [2.24, 2.45) is 0 Å². The van der Waals surface area contributed by atoms with E-state index in [1.807, 2.05) is 12.3 Å². The summed E-state index contributed by atoms with van der Waals surface area (Å²) in [5.41, 5.74) is 1.27. The van der Waals surface area contributed by atoms with E-state index in [9.17, 15) is 4.79 Å². The maximum absolute atomic E-state index is 11.1. The summed E-state index contributed by atoms with van der Waals surface area (Å²) >= 11 is 1.68. The maximum atomic E-state index is 11.1. The fourth-order valence-electron chi connectivity index (χ4n) is 1.85. The van der Waals surface area contributed by atoms with E-state index in [-0.39, 0.29) is 6.04 Å². The number of hydrogen-bond acceptors (Lipinski definition) is 3. The molecule has 96 valence electrons. The molecular weight excluding hydrogens is 234 g/mol. The van der Waals surface area contributed by atoms with Crippen LogP contribution in [0, 0.1) is 0 Å². The number of thiophene rings is 1. The fourth-order valence-corrected chi connectivity index (χ4v) is 2.53. The second-order valence-corrected chi connectivity index (χ2v) is 5.22. The van der Waals surface area contributed by atoms with Crippen molar-refractivity contribution < 1.29 is 9.90 Å². The van der Waals surface area contributed by atoms with Gasteiger partial charge in [-0.3, -0.25) is 4.79 Å². The van der Waals surface area contributed by atoms with Gasteiger partial charge in [-0.2, -0.15) is 11.3 Å². The zero-order chi connectivity index (χ0) is 12.7. The van der Waals surface area contributed by atoms with Crippen molar-refractivity contribution >= 4 is 17.3 Å². The molecule has 1 heterocycles.